The van der Waals surface area contributed by atoms with Gasteiger partial charge < -0.3 is 16.2 Å². The van der Waals surface area contributed by atoms with Crippen molar-refractivity contribution >= 4 is 5.91 Å². The third-order valence-electron chi connectivity index (χ3n) is 4.10. The van der Waals surface area contributed by atoms with Crippen molar-refractivity contribution < 1.29 is 9.90 Å². The zero-order valence-electron chi connectivity index (χ0n) is 12.4. The number of aliphatic hydroxyl groups is 1. The molecule has 1 fully saturated rings. The molecule has 0 radical (unpaired) electrons. The van der Waals surface area contributed by atoms with Gasteiger partial charge in [0.1, 0.15) is 0 Å². The van der Waals surface area contributed by atoms with Gasteiger partial charge in [-0.3, -0.25) is 4.79 Å². The highest BCUT2D eigenvalue weighted by Crippen LogP contribution is 2.24. The number of carbonyl (C=O) groups excluding carboxylic acids is 1. The number of amides is 1. The second-order valence-corrected chi connectivity index (χ2v) is 6.34. The van der Waals surface area contributed by atoms with Crippen LogP contribution in [0.1, 0.15) is 52.4 Å². The van der Waals surface area contributed by atoms with E-state index in [1.54, 1.807) is 0 Å². The summed E-state index contributed by atoms with van der Waals surface area (Å²) in [6.45, 7) is 5.06. The van der Waals surface area contributed by atoms with Crippen LogP contribution in [0.5, 0.6) is 0 Å². The molecule has 0 aromatic heterocycles. The predicted molar refractivity (Wildman–Crippen MR) is 77.6 cm³/mol. The Balaban J connectivity index is 2.40. The van der Waals surface area contributed by atoms with Gasteiger partial charge in [0.15, 0.2) is 0 Å². The lowest BCUT2D eigenvalue weighted by Crippen LogP contribution is -2.44. The Morgan fingerprint density at radius 2 is 2.05 bits per heavy atom. The molecule has 0 aromatic carbocycles. The van der Waals surface area contributed by atoms with Gasteiger partial charge in [-0.25, -0.2) is 0 Å². The van der Waals surface area contributed by atoms with Crippen molar-refractivity contribution in [3.63, 3.8) is 0 Å². The van der Waals surface area contributed by atoms with Crippen LogP contribution in [0.4, 0.5) is 0 Å². The SMILES string of the molecule is CC(C)C[C@H](CN)CC(=O)NC1CCCCC1CO. The number of carbonyl (C=O) groups is 1. The number of nitrogens with two attached hydrogens (primary N) is 1. The first-order chi connectivity index (χ1) is 9.06. The first-order valence-electron chi connectivity index (χ1n) is 7.67. The Hall–Kier alpha value is -0.610. The maximum Gasteiger partial charge on any atom is 0.220 e. The van der Waals surface area contributed by atoms with Crippen molar-refractivity contribution in [2.45, 2.75) is 58.4 Å². The van der Waals surface area contributed by atoms with E-state index in [4.69, 9.17) is 5.73 Å². The summed E-state index contributed by atoms with van der Waals surface area (Å²) in [6, 6.07) is 0.156. The fourth-order valence-electron chi connectivity index (χ4n) is 3.07. The van der Waals surface area contributed by atoms with Crippen LogP contribution in [0.2, 0.25) is 0 Å². The Morgan fingerprint density at radius 1 is 1.37 bits per heavy atom. The lowest BCUT2D eigenvalue weighted by molar-refractivity contribution is -0.123. The van der Waals surface area contributed by atoms with Crippen molar-refractivity contribution in [3.8, 4) is 0 Å². The zero-order chi connectivity index (χ0) is 14.3. The maximum absolute atomic E-state index is 12.1. The average molecular weight is 270 g/mol. The predicted octanol–water partition coefficient (Wildman–Crippen LogP) is 1.66. The van der Waals surface area contributed by atoms with Crippen LogP contribution < -0.4 is 11.1 Å². The van der Waals surface area contributed by atoms with E-state index >= 15 is 0 Å². The number of aliphatic hydroxyl groups excluding tert-OH is 1. The van der Waals surface area contributed by atoms with E-state index in [9.17, 15) is 9.90 Å². The third-order valence-corrected chi connectivity index (χ3v) is 4.10. The Morgan fingerprint density at radius 3 is 2.63 bits per heavy atom. The molecule has 4 heteroatoms. The van der Waals surface area contributed by atoms with Crippen LogP contribution in [0.15, 0.2) is 0 Å². The molecule has 19 heavy (non-hydrogen) atoms. The molecule has 0 saturated heterocycles. The molecule has 1 aliphatic rings. The quantitative estimate of drug-likeness (QED) is 0.658. The van der Waals surface area contributed by atoms with E-state index in [2.05, 4.69) is 19.2 Å². The van der Waals surface area contributed by atoms with Crippen LogP contribution in [-0.4, -0.2) is 30.2 Å². The monoisotopic (exact) mass is 270 g/mol. The van der Waals surface area contributed by atoms with Crippen LogP contribution in [0, 0.1) is 17.8 Å². The number of rotatable bonds is 7. The van der Waals surface area contributed by atoms with Crippen molar-refractivity contribution in [1.82, 2.24) is 5.32 Å². The molecule has 0 aromatic rings. The maximum atomic E-state index is 12.1. The highest BCUT2D eigenvalue weighted by molar-refractivity contribution is 5.76. The average Bonchev–Trinajstić information content (AvgIpc) is 2.38. The van der Waals surface area contributed by atoms with E-state index in [0.717, 1.165) is 32.1 Å². The molecule has 0 aliphatic heterocycles. The van der Waals surface area contributed by atoms with Gasteiger partial charge in [-0.1, -0.05) is 26.7 Å². The first kappa shape index (κ1) is 16.4. The summed E-state index contributed by atoms with van der Waals surface area (Å²) in [4.78, 5) is 12.1. The number of nitrogens with one attached hydrogen (secondary N) is 1. The Kier molecular flexibility index (Phi) is 7.39. The van der Waals surface area contributed by atoms with Crippen LogP contribution in [-0.2, 0) is 4.79 Å². The molecule has 0 heterocycles. The molecular formula is C15H30N2O2. The second-order valence-electron chi connectivity index (χ2n) is 6.34. The highest BCUT2D eigenvalue weighted by Gasteiger charge is 2.26. The fourth-order valence-corrected chi connectivity index (χ4v) is 3.07. The highest BCUT2D eigenvalue weighted by atomic mass is 16.3. The molecule has 1 amide bonds. The van der Waals surface area contributed by atoms with Gasteiger partial charge in [0.25, 0.3) is 0 Å². The smallest absolute Gasteiger partial charge is 0.220 e. The van der Waals surface area contributed by atoms with Gasteiger partial charge in [0.2, 0.25) is 5.91 Å². The summed E-state index contributed by atoms with van der Waals surface area (Å²) in [5.74, 6) is 1.18. The number of hydrogen-bond donors (Lipinski definition) is 3. The Labute approximate surface area is 117 Å². The molecule has 0 spiro atoms. The molecular weight excluding hydrogens is 240 g/mol. The van der Waals surface area contributed by atoms with E-state index < -0.39 is 0 Å². The summed E-state index contributed by atoms with van der Waals surface area (Å²) in [5, 5.41) is 12.5. The van der Waals surface area contributed by atoms with Crippen molar-refractivity contribution in [2.75, 3.05) is 13.2 Å². The normalized spacial score (nSPS) is 25.3. The van der Waals surface area contributed by atoms with Crippen molar-refractivity contribution in [2.24, 2.45) is 23.5 Å². The van der Waals surface area contributed by atoms with Crippen molar-refractivity contribution in [3.05, 3.63) is 0 Å². The van der Waals surface area contributed by atoms with Crippen LogP contribution >= 0.6 is 0 Å². The summed E-state index contributed by atoms with van der Waals surface area (Å²) in [6.07, 6.45) is 5.84. The minimum atomic E-state index is 0.0986. The summed E-state index contributed by atoms with van der Waals surface area (Å²) in [5.41, 5.74) is 5.74. The lowest BCUT2D eigenvalue weighted by atomic mass is 9.84. The molecule has 1 rings (SSSR count). The standard InChI is InChI=1S/C15H30N2O2/c1-11(2)7-12(9-16)8-15(19)17-14-6-4-3-5-13(14)10-18/h11-14,18H,3-10,16H2,1-2H3,(H,17,19)/t12-,13?,14?/m0/s1. The zero-order valence-corrected chi connectivity index (χ0v) is 12.4. The summed E-state index contributed by atoms with van der Waals surface area (Å²) in [7, 11) is 0. The first-order valence-corrected chi connectivity index (χ1v) is 7.67. The van der Waals surface area contributed by atoms with Gasteiger partial charge >= 0.3 is 0 Å². The van der Waals surface area contributed by atoms with Gasteiger partial charge in [-0.05, 0) is 37.6 Å². The van der Waals surface area contributed by atoms with Gasteiger partial charge in [0, 0.05) is 25.0 Å². The molecule has 2 unspecified atom stereocenters. The number of hydrogen-bond acceptors (Lipinski definition) is 3. The molecule has 4 nitrogen and oxygen atoms in total. The van der Waals surface area contributed by atoms with E-state index in [0.29, 0.717) is 18.9 Å². The van der Waals surface area contributed by atoms with Gasteiger partial charge in [0.05, 0.1) is 0 Å². The minimum Gasteiger partial charge on any atom is -0.396 e. The Bertz CT molecular complexity index is 269. The van der Waals surface area contributed by atoms with Crippen LogP contribution in [0.25, 0.3) is 0 Å². The third kappa shape index (κ3) is 5.91. The lowest BCUT2D eigenvalue weighted by Gasteiger charge is -2.31. The van der Waals surface area contributed by atoms with E-state index in [-0.39, 0.29) is 30.4 Å². The second kappa shape index (κ2) is 8.54. The molecule has 0 bridgehead atoms. The van der Waals surface area contributed by atoms with Crippen molar-refractivity contribution in [1.29, 1.82) is 0 Å². The fraction of sp³-hybridized carbons (Fsp3) is 0.933. The summed E-state index contributed by atoms with van der Waals surface area (Å²) >= 11 is 0. The van der Waals surface area contributed by atoms with E-state index in [1.165, 1.54) is 0 Å². The molecule has 112 valence electrons. The minimum absolute atomic E-state index is 0.0986. The van der Waals surface area contributed by atoms with E-state index in [1.807, 2.05) is 0 Å². The summed E-state index contributed by atoms with van der Waals surface area (Å²) < 4.78 is 0. The van der Waals surface area contributed by atoms with Gasteiger partial charge in [-0.2, -0.15) is 0 Å². The van der Waals surface area contributed by atoms with Crippen LogP contribution in [0.3, 0.4) is 0 Å². The molecule has 3 atom stereocenters. The topological polar surface area (TPSA) is 75.4 Å². The van der Waals surface area contributed by atoms with Gasteiger partial charge in [-0.15, -0.1) is 0 Å². The molecule has 1 aliphatic carbocycles. The molecule has 4 N–H and O–H groups in total. The largest absolute Gasteiger partial charge is 0.396 e. The molecule has 1 saturated carbocycles.